The number of hydrogen-bond donors (Lipinski definition) is 2. The highest BCUT2D eigenvalue weighted by atomic mass is 32.1. The molecule has 2 rings (SSSR count). The average molecular weight is 327 g/mol. The van der Waals surface area contributed by atoms with Crippen molar-refractivity contribution in [3.05, 3.63) is 58.8 Å². The third-order valence-electron chi connectivity index (χ3n) is 3.87. The number of aryl methyl sites for hydroxylation is 3. The Kier molecular flexibility index (Phi) is 5.72. The van der Waals surface area contributed by atoms with Crippen LogP contribution in [0.15, 0.2) is 36.5 Å². The molecule has 0 spiro atoms. The van der Waals surface area contributed by atoms with Crippen molar-refractivity contribution >= 4 is 23.1 Å². The van der Waals surface area contributed by atoms with Gasteiger partial charge in [0.05, 0.1) is 6.04 Å². The van der Waals surface area contributed by atoms with Gasteiger partial charge in [-0.3, -0.25) is 0 Å². The fraction of sp³-hybridized carbons (Fsp3) is 0.368. The van der Waals surface area contributed by atoms with Crippen molar-refractivity contribution in [2.75, 3.05) is 5.32 Å². The van der Waals surface area contributed by atoms with Gasteiger partial charge >= 0.3 is 0 Å². The molecule has 3 nitrogen and oxygen atoms in total. The standard InChI is InChI=1S/C19H25N3S/c1-12(2)18(16-8-6-13(3)10-15(16)5)22-19(23)21-17-9-7-14(4)11-20-17/h6-12,18H,1-5H3,(H2,20,21,22,23)/t18-/m0/s1. The van der Waals surface area contributed by atoms with E-state index in [1.165, 1.54) is 16.7 Å². The molecule has 0 aliphatic heterocycles. The van der Waals surface area contributed by atoms with Crippen LogP contribution in [0.2, 0.25) is 0 Å². The van der Waals surface area contributed by atoms with Crippen molar-refractivity contribution < 1.29 is 0 Å². The minimum Gasteiger partial charge on any atom is -0.355 e. The second-order valence-corrected chi connectivity index (χ2v) is 6.81. The van der Waals surface area contributed by atoms with Gasteiger partial charge in [-0.15, -0.1) is 0 Å². The largest absolute Gasteiger partial charge is 0.355 e. The summed E-state index contributed by atoms with van der Waals surface area (Å²) < 4.78 is 0. The van der Waals surface area contributed by atoms with E-state index in [4.69, 9.17) is 12.2 Å². The van der Waals surface area contributed by atoms with Crippen LogP contribution in [0.1, 0.15) is 42.1 Å². The second kappa shape index (κ2) is 7.55. The number of anilines is 1. The summed E-state index contributed by atoms with van der Waals surface area (Å²) in [6, 6.07) is 10.7. The van der Waals surface area contributed by atoms with Gasteiger partial charge in [-0.1, -0.05) is 43.7 Å². The Labute approximate surface area is 144 Å². The number of aromatic nitrogens is 1. The van der Waals surface area contributed by atoms with Crippen LogP contribution < -0.4 is 10.6 Å². The first-order valence-electron chi connectivity index (χ1n) is 7.94. The third-order valence-corrected chi connectivity index (χ3v) is 4.09. The first-order chi connectivity index (χ1) is 10.9. The second-order valence-electron chi connectivity index (χ2n) is 6.40. The summed E-state index contributed by atoms with van der Waals surface area (Å²) in [4.78, 5) is 4.33. The molecule has 0 unspecified atom stereocenters. The number of rotatable bonds is 4. The Morgan fingerprint density at radius 3 is 2.30 bits per heavy atom. The highest BCUT2D eigenvalue weighted by Gasteiger charge is 2.18. The van der Waals surface area contributed by atoms with Crippen LogP contribution in [0, 0.1) is 26.7 Å². The first kappa shape index (κ1) is 17.4. The lowest BCUT2D eigenvalue weighted by molar-refractivity contribution is 0.471. The van der Waals surface area contributed by atoms with Crippen molar-refractivity contribution in [2.45, 2.75) is 40.7 Å². The molecule has 0 saturated carbocycles. The van der Waals surface area contributed by atoms with E-state index in [0.29, 0.717) is 11.0 Å². The monoisotopic (exact) mass is 327 g/mol. The van der Waals surface area contributed by atoms with Crippen LogP contribution in [0.3, 0.4) is 0 Å². The molecule has 2 N–H and O–H groups in total. The van der Waals surface area contributed by atoms with E-state index < -0.39 is 0 Å². The summed E-state index contributed by atoms with van der Waals surface area (Å²) in [7, 11) is 0. The van der Waals surface area contributed by atoms with Crippen LogP contribution in [-0.2, 0) is 0 Å². The molecule has 0 fully saturated rings. The van der Waals surface area contributed by atoms with Gasteiger partial charge in [0.15, 0.2) is 5.11 Å². The fourth-order valence-corrected chi connectivity index (χ4v) is 2.85. The van der Waals surface area contributed by atoms with E-state index in [1.54, 1.807) is 0 Å². The summed E-state index contributed by atoms with van der Waals surface area (Å²) in [6.45, 7) is 10.7. The van der Waals surface area contributed by atoms with Crippen LogP contribution >= 0.6 is 12.2 Å². The minimum absolute atomic E-state index is 0.168. The summed E-state index contributed by atoms with van der Waals surface area (Å²) in [6.07, 6.45) is 1.83. The Hall–Kier alpha value is -1.94. The van der Waals surface area contributed by atoms with Gasteiger partial charge in [0.25, 0.3) is 0 Å². The summed E-state index contributed by atoms with van der Waals surface area (Å²) in [5.74, 6) is 1.18. The molecular formula is C19H25N3S. The molecule has 0 aliphatic rings. The van der Waals surface area contributed by atoms with Gasteiger partial charge < -0.3 is 10.6 Å². The Morgan fingerprint density at radius 1 is 1.04 bits per heavy atom. The molecule has 4 heteroatoms. The van der Waals surface area contributed by atoms with E-state index in [2.05, 4.69) is 61.5 Å². The molecule has 1 aromatic heterocycles. The lowest BCUT2D eigenvalue weighted by atomic mass is 9.92. The van der Waals surface area contributed by atoms with Gasteiger partial charge in [0, 0.05) is 6.20 Å². The molecule has 1 aromatic carbocycles. The van der Waals surface area contributed by atoms with Crippen molar-refractivity contribution in [3.63, 3.8) is 0 Å². The molecule has 122 valence electrons. The fourth-order valence-electron chi connectivity index (χ4n) is 2.61. The molecular weight excluding hydrogens is 302 g/mol. The first-order valence-corrected chi connectivity index (χ1v) is 8.35. The Balaban J connectivity index is 2.12. The maximum Gasteiger partial charge on any atom is 0.172 e. The maximum absolute atomic E-state index is 5.47. The topological polar surface area (TPSA) is 37.0 Å². The van der Waals surface area contributed by atoms with Crippen molar-refractivity contribution in [1.82, 2.24) is 10.3 Å². The predicted octanol–water partition coefficient (Wildman–Crippen LogP) is 4.69. The SMILES string of the molecule is Cc1ccc(NC(=S)N[C@H](c2ccc(C)cc2C)C(C)C)nc1. The van der Waals surface area contributed by atoms with E-state index in [-0.39, 0.29) is 6.04 Å². The zero-order valence-corrected chi connectivity index (χ0v) is 15.3. The van der Waals surface area contributed by atoms with Crippen molar-refractivity contribution in [2.24, 2.45) is 5.92 Å². The highest BCUT2D eigenvalue weighted by Crippen LogP contribution is 2.25. The molecule has 23 heavy (non-hydrogen) atoms. The van der Waals surface area contributed by atoms with Crippen LogP contribution in [0.4, 0.5) is 5.82 Å². The van der Waals surface area contributed by atoms with Gasteiger partial charge in [-0.25, -0.2) is 4.98 Å². The van der Waals surface area contributed by atoms with E-state index in [9.17, 15) is 0 Å². The molecule has 1 atom stereocenters. The number of pyridine rings is 1. The van der Waals surface area contributed by atoms with E-state index in [0.717, 1.165) is 11.4 Å². The molecule has 0 aliphatic carbocycles. The Bertz CT molecular complexity index is 678. The minimum atomic E-state index is 0.168. The Morgan fingerprint density at radius 2 is 1.74 bits per heavy atom. The van der Waals surface area contributed by atoms with Crippen molar-refractivity contribution in [3.8, 4) is 0 Å². The number of benzene rings is 1. The van der Waals surface area contributed by atoms with E-state index in [1.807, 2.05) is 25.3 Å². The quantitative estimate of drug-likeness (QED) is 0.799. The number of hydrogen-bond acceptors (Lipinski definition) is 2. The van der Waals surface area contributed by atoms with Crippen molar-refractivity contribution in [1.29, 1.82) is 0 Å². The molecule has 0 radical (unpaired) electrons. The van der Waals surface area contributed by atoms with Gasteiger partial charge in [-0.2, -0.15) is 0 Å². The average Bonchev–Trinajstić information content (AvgIpc) is 2.48. The molecule has 0 saturated heterocycles. The number of nitrogens with one attached hydrogen (secondary N) is 2. The number of thiocarbonyl (C=S) groups is 1. The maximum atomic E-state index is 5.47. The van der Waals surface area contributed by atoms with Gasteiger partial charge in [0.2, 0.25) is 0 Å². The number of nitrogens with zero attached hydrogens (tertiary/aromatic N) is 1. The summed E-state index contributed by atoms with van der Waals surface area (Å²) >= 11 is 5.47. The third kappa shape index (κ3) is 4.76. The summed E-state index contributed by atoms with van der Waals surface area (Å²) in [5.41, 5.74) is 4.97. The zero-order valence-electron chi connectivity index (χ0n) is 14.5. The smallest absolute Gasteiger partial charge is 0.172 e. The van der Waals surface area contributed by atoms with Gasteiger partial charge in [0.1, 0.15) is 5.82 Å². The normalized spacial score (nSPS) is 12.1. The van der Waals surface area contributed by atoms with Crippen LogP contribution in [0.25, 0.3) is 0 Å². The lowest BCUT2D eigenvalue weighted by Crippen LogP contribution is -2.35. The molecule has 0 amide bonds. The molecule has 2 aromatic rings. The van der Waals surface area contributed by atoms with Crippen LogP contribution in [-0.4, -0.2) is 10.1 Å². The highest BCUT2D eigenvalue weighted by molar-refractivity contribution is 7.80. The van der Waals surface area contributed by atoms with Crippen LogP contribution in [0.5, 0.6) is 0 Å². The zero-order chi connectivity index (χ0) is 17.0. The van der Waals surface area contributed by atoms with E-state index >= 15 is 0 Å². The predicted molar refractivity (Wildman–Crippen MR) is 102 cm³/mol. The lowest BCUT2D eigenvalue weighted by Gasteiger charge is -2.26. The molecule has 0 bridgehead atoms. The molecule has 1 heterocycles. The van der Waals surface area contributed by atoms with Gasteiger partial charge in [-0.05, 0) is 61.7 Å². The summed E-state index contributed by atoms with van der Waals surface area (Å²) in [5, 5.41) is 7.20.